The number of ether oxygens (including phenoxy) is 1. The highest BCUT2D eigenvalue weighted by Crippen LogP contribution is 2.36. The molecule has 1 heterocycles. The molecule has 1 amide bonds. The van der Waals surface area contributed by atoms with Crippen molar-refractivity contribution in [3.05, 3.63) is 33.8 Å². The molecule has 3 rings (SSSR count). The molecule has 0 radical (unpaired) electrons. The maximum atomic E-state index is 12.4. The number of hydrogen-bond acceptors (Lipinski definition) is 3. The van der Waals surface area contributed by atoms with Gasteiger partial charge in [0.15, 0.2) is 0 Å². The fourth-order valence-corrected chi connectivity index (χ4v) is 3.29. The van der Waals surface area contributed by atoms with E-state index in [-0.39, 0.29) is 17.8 Å². The van der Waals surface area contributed by atoms with Crippen LogP contribution < -0.4 is 0 Å². The Morgan fingerprint density at radius 2 is 2.10 bits per heavy atom. The lowest BCUT2D eigenvalue weighted by Crippen LogP contribution is -2.49. The molecule has 0 spiro atoms. The molecular formula is C15H16BrNO3. The molecule has 1 aromatic rings. The summed E-state index contributed by atoms with van der Waals surface area (Å²) < 4.78 is 5.87. The summed E-state index contributed by atoms with van der Waals surface area (Å²) in [7, 11) is 1.37. The first-order valence-corrected chi connectivity index (χ1v) is 7.55. The number of benzene rings is 1. The van der Waals surface area contributed by atoms with Crippen LogP contribution in [0, 0.1) is 5.92 Å². The molecule has 1 fully saturated rings. The van der Waals surface area contributed by atoms with E-state index in [4.69, 9.17) is 4.74 Å². The SMILES string of the molecule is COC(=O)[C@H]1Cc2c(Br)cccc2CN1C(=O)C1CC1. The molecule has 1 aliphatic heterocycles. The van der Waals surface area contributed by atoms with Crippen LogP contribution in [0.5, 0.6) is 0 Å². The third-order valence-corrected chi connectivity index (χ3v) is 4.76. The molecule has 5 heteroatoms. The molecule has 20 heavy (non-hydrogen) atoms. The zero-order valence-corrected chi connectivity index (χ0v) is 12.9. The largest absolute Gasteiger partial charge is 0.467 e. The fraction of sp³-hybridized carbons (Fsp3) is 0.467. The van der Waals surface area contributed by atoms with Gasteiger partial charge in [0.1, 0.15) is 6.04 Å². The molecule has 1 aromatic carbocycles. The minimum absolute atomic E-state index is 0.0889. The van der Waals surface area contributed by atoms with Gasteiger partial charge in [-0.15, -0.1) is 0 Å². The number of halogens is 1. The summed E-state index contributed by atoms with van der Waals surface area (Å²) in [6.07, 6.45) is 2.39. The topological polar surface area (TPSA) is 46.6 Å². The number of rotatable bonds is 2. The van der Waals surface area contributed by atoms with Crippen LogP contribution in [-0.4, -0.2) is 29.9 Å². The van der Waals surface area contributed by atoms with E-state index >= 15 is 0 Å². The third-order valence-electron chi connectivity index (χ3n) is 4.01. The van der Waals surface area contributed by atoms with Crippen molar-refractivity contribution in [3.63, 3.8) is 0 Å². The molecule has 2 aliphatic rings. The second-order valence-corrected chi connectivity index (χ2v) is 6.22. The average molecular weight is 338 g/mol. The number of hydrogen-bond donors (Lipinski definition) is 0. The number of carbonyl (C=O) groups is 2. The summed E-state index contributed by atoms with van der Waals surface area (Å²) >= 11 is 3.52. The van der Waals surface area contributed by atoms with Crippen LogP contribution in [0.4, 0.5) is 0 Å². The summed E-state index contributed by atoms with van der Waals surface area (Å²) in [4.78, 5) is 26.1. The van der Waals surface area contributed by atoms with Crippen LogP contribution in [0.25, 0.3) is 0 Å². The predicted molar refractivity (Wildman–Crippen MR) is 76.9 cm³/mol. The van der Waals surface area contributed by atoms with Gasteiger partial charge in [-0.25, -0.2) is 4.79 Å². The van der Waals surface area contributed by atoms with E-state index in [1.165, 1.54) is 7.11 Å². The van der Waals surface area contributed by atoms with Gasteiger partial charge in [0.05, 0.1) is 7.11 Å². The van der Waals surface area contributed by atoms with Gasteiger partial charge in [0.25, 0.3) is 0 Å². The molecule has 0 N–H and O–H groups in total. The van der Waals surface area contributed by atoms with Crippen molar-refractivity contribution in [3.8, 4) is 0 Å². The predicted octanol–water partition coefficient (Wildman–Crippen LogP) is 2.29. The van der Waals surface area contributed by atoms with Crippen LogP contribution in [0.3, 0.4) is 0 Å². The van der Waals surface area contributed by atoms with Gasteiger partial charge < -0.3 is 9.64 Å². The van der Waals surface area contributed by atoms with Crippen molar-refractivity contribution in [1.29, 1.82) is 0 Å². The first kappa shape index (κ1) is 13.6. The van der Waals surface area contributed by atoms with Gasteiger partial charge in [-0.1, -0.05) is 28.1 Å². The van der Waals surface area contributed by atoms with Crippen LogP contribution in [0.15, 0.2) is 22.7 Å². The molecular weight excluding hydrogens is 322 g/mol. The second-order valence-electron chi connectivity index (χ2n) is 5.36. The van der Waals surface area contributed by atoms with Gasteiger partial charge in [-0.2, -0.15) is 0 Å². The van der Waals surface area contributed by atoms with Gasteiger partial charge >= 0.3 is 5.97 Å². The highest BCUT2D eigenvalue weighted by Gasteiger charge is 2.41. The van der Waals surface area contributed by atoms with Crippen LogP contribution in [0.1, 0.15) is 24.0 Å². The molecule has 1 saturated carbocycles. The lowest BCUT2D eigenvalue weighted by Gasteiger charge is -2.35. The molecule has 1 aliphatic carbocycles. The minimum atomic E-state index is -0.501. The van der Waals surface area contributed by atoms with E-state index in [9.17, 15) is 9.59 Å². The highest BCUT2D eigenvalue weighted by molar-refractivity contribution is 9.10. The lowest BCUT2D eigenvalue weighted by atomic mass is 9.93. The number of nitrogens with zero attached hydrogens (tertiary/aromatic N) is 1. The maximum absolute atomic E-state index is 12.4. The summed E-state index contributed by atoms with van der Waals surface area (Å²) in [5.74, 6) is -0.137. The van der Waals surface area contributed by atoms with E-state index in [1.807, 2.05) is 18.2 Å². The lowest BCUT2D eigenvalue weighted by molar-refractivity contribution is -0.154. The molecule has 0 aromatic heterocycles. The molecule has 1 atom stereocenters. The summed E-state index contributed by atoms with van der Waals surface area (Å²) in [6, 6.07) is 5.44. The fourth-order valence-electron chi connectivity index (χ4n) is 2.72. The average Bonchev–Trinajstić information content (AvgIpc) is 3.29. The Balaban J connectivity index is 1.95. The Morgan fingerprint density at radius 3 is 2.75 bits per heavy atom. The highest BCUT2D eigenvalue weighted by atomic mass is 79.9. The van der Waals surface area contributed by atoms with Crippen LogP contribution in [-0.2, 0) is 27.3 Å². The molecule has 0 unspecified atom stereocenters. The quantitative estimate of drug-likeness (QED) is 0.778. The first-order chi connectivity index (χ1) is 9.61. The number of carbonyl (C=O) groups excluding carboxylic acids is 2. The third kappa shape index (κ3) is 2.35. The van der Waals surface area contributed by atoms with Gasteiger partial charge in [0, 0.05) is 23.4 Å². The smallest absolute Gasteiger partial charge is 0.328 e. The Hall–Kier alpha value is -1.36. The van der Waals surface area contributed by atoms with E-state index in [2.05, 4.69) is 15.9 Å². The normalized spacial score (nSPS) is 21.3. The first-order valence-electron chi connectivity index (χ1n) is 6.76. The van der Waals surface area contributed by atoms with E-state index in [0.29, 0.717) is 13.0 Å². The molecule has 0 bridgehead atoms. The Kier molecular flexibility index (Phi) is 3.54. The number of fused-ring (bicyclic) bond motifs is 1. The Labute approximate surface area is 126 Å². The second kappa shape index (κ2) is 5.20. The zero-order chi connectivity index (χ0) is 14.3. The standard InChI is InChI=1S/C15H16BrNO3/c1-20-15(19)13-7-11-10(3-2-4-12(11)16)8-17(13)14(18)9-5-6-9/h2-4,9,13H,5-8H2,1H3/t13-/m1/s1. The van der Waals surface area contributed by atoms with Crippen molar-refractivity contribution >= 4 is 27.8 Å². The van der Waals surface area contributed by atoms with Crippen LogP contribution >= 0.6 is 15.9 Å². The zero-order valence-electron chi connectivity index (χ0n) is 11.3. The number of esters is 1. The Morgan fingerprint density at radius 1 is 1.35 bits per heavy atom. The number of amides is 1. The van der Waals surface area contributed by atoms with Crippen LogP contribution in [0.2, 0.25) is 0 Å². The molecule has 4 nitrogen and oxygen atoms in total. The van der Waals surface area contributed by atoms with E-state index < -0.39 is 6.04 Å². The van der Waals surface area contributed by atoms with Gasteiger partial charge in [0.2, 0.25) is 5.91 Å². The van der Waals surface area contributed by atoms with Crippen molar-refractivity contribution in [2.24, 2.45) is 5.92 Å². The summed E-state index contributed by atoms with van der Waals surface area (Å²) in [5.41, 5.74) is 2.20. The van der Waals surface area contributed by atoms with Crippen molar-refractivity contribution in [2.45, 2.75) is 31.8 Å². The van der Waals surface area contributed by atoms with E-state index in [1.54, 1.807) is 4.90 Å². The maximum Gasteiger partial charge on any atom is 0.328 e. The van der Waals surface area contributed by atoms with Crippen molar-refractivity contribution in [2.75, 3.05) is 7.11 Å². The summed E-state index contributed by atoms with van der Waals surface area (Å²) in [6.45, 7) is 0.490. The van der Waals surface area contributed by atoms with Gasteiger partial charge in [-0.05, 0) is 30.0 Å². The van der Waals surface area contributed by atoms with Gasteiger partial charge in [-0.3, -0.25) is 4.79 Å². The Bertz CT molecular complexity index is 568. The summed E-state index contributed by atoms with van der Waals surface area (Å²) in [5, 5.41) is 0. The van der Waals surface area contributed by atoms with Crippen molar-refractivity contribution < 1.29 is 14.3 Å². The monoisotopic (exact) mass is 337 g/mol. The van der Waals surface area contributed by atoms with E-state index in [0.717, 1.165) is 28.4 Å². The molecule has 106 valence electrons. The number of methoxy groups -OCH3 is 1. The molecule has 0 saturated heterocycles. The minimum Gasteiger partial charge on any atom is -0.467 e. The van der Waals surface area contributed by atoms with Crippen molar-refractivity contribution in [1.82, 2.24) is 4.90 Å².